The van der Waals surface area contributed by atoms with Crippen molar-refractivity contribution in [2.24, 2.45) is 5.92 Å². The van der Waals surface area contributed by atoms with Crippen molar-refractivity contribution in [3.8, 4) is 0 Å². The first-order valence-corrected chi connectivity index (χ1v) is 22.5. The largest absolute Gasteiger partial charge is 0.294 e. The number of allylic oxidation sites excluding steroid dienone is 2. The number of hydrogen-bond donors (Lipinski definition) is 2. The third-order valence-electron chi connectivity index (χ3n) is 9.77. The molecule has 0 unspecified atom stereocenters. The summed E-state index contributed by atoms with van der Waals surface area (Å²) in [5.41, 5.74) is 2.83. The number of benzene rings is 1. The molecule has 10 heteroatoms. The lowest BCUT2D eigenvalue weighted by atomic mass is 9.72. The van der Waals surface area contributed by atoms with Crippen LogP contribution in [0.1, 0.15) is 114 Å². The minimum absolute atomic E-state index is 0.00626. The fourth-order valence-corrected chi connectivity index (χ4v) is 20.9. The van der Waals surface area contributed by atoms with E-state index in [1.807, 2.05) is 0 Å². The van der Waals surface area contributed by atoms with E-state index < -0.39 is 42.5 Å². The summed E-state index contributed by atoms with van der Waals surface area (Å²) in [6.07, 6.45) is 3.60. The first kappa shape index (κ1) is 40.0. The molecular weight excluding hydrogens is 613 g/mol. The fraction of sp³-hybridized carbons (Fsp3) is 0.697. The van der Waals surface area contributed by atoms with Gasteiger partial charge in [-0.1, -0.05) is 114 Å². The molecule has 0 spiro atoms. The molecule has 0 aromatic heterocycles. The topological polar surface area (TPSA) is 109 Å². The van der Waals surface area contributed by atoms with Gasteiger partial charge in [-0.15, -0.1) is 6.58 Å². The molecule has 0 bridgehead atoms. The van der Waals surface area contributed by atoms with Crippen LogP contribution in [0.3, 0.4) is 0 Å². The monoisotopic (exact) mass is 671 g/mol. The van der Waals surface area contributed by atoms with Crippen LogP contribution in [0, 0.1) is 5.92 Å². The smallest absolute Gasteiger partial charge is 0.282 e. The molecule has 43 heavy (non-hydrogen) atoms. The van der Waals surface area contributed by atoms with Crippen LogP contribution >= 0.6 is 0 Å². The second-order valence-corrected chi connectivity index (χ2v) is 26.7. The zero-order valence-corrected chi connectivity index (χ0v) is 32.8. The average molecular weight is 672 g/mol. The maximum atomic E-state index is 13.8. The molecule has 2 N–H and O–H groups in total. The van der Waals surface area contributed by atoms with Crippen LogP contribution in [0.25, 0.3) is 0 Å². The van der Waals surface area contributed by atoms with E-state index in [4.69, 9.17) is 0 Å². The Labute approximate surface area is 267 Å². The van der Waals surface area contributed by atoms with Crippen molar-refractivity contribution >= 4 is 47.5 Å². The SMILES string of the molecule is C=CCc1c(C(C)(C)C(C)C)c([Si](C(C)C)C(C)C)c(CC=CS(=O)(=O)O)c([Si](C(C)C)(C(C)C)C(C)C)c1S(=O)(=O)O. The van der Waals surface area contributed by atoms with E-state index in [2.05, 4.69) is 104 Å². The molecule has 1 aromatic carbocycles. The normalized spacial score (nSPS) is 14.2. The minimum Gasteiger partial charge on any atom is -0.282 e. The lowest BCUT2D eigenvalue weighted by molar-refractivity contribution is 0.370. The molecule has 0 fully saturated rings. The molecule has 1 rings (SSSR count). The molecule has 0 saturated carbocycles. The van der Waals surface area contributed by atoms with E-state index in [0.717, 1.165) is 26.9 Å². The lowest BCUT2D eigenvalue weighted by Gasteiger charge is -2.48. The van der Waals surface area contributed by atoms with Gasteiger partial charge in [0, 0.05) is 0 Å². The summed E-state index contributed by atoms with van der Waals surface area (Å²) in [7, 11) is -13.3. The standard InChI is InChI=1S/C33H59O6S2Si2/c1-16-18-27-29(33(14,15)21(2)3)31(42(22(4)5)23(6)7)28(19-17-20-40(34,35)36)32(30(27)41(37,38)39)43(24(8)9,25(10)11)26(12)13/h16-17,20-26H,1,18-19H2,2-15H3,(H,34,35,36)(H,37,38,39). The van der Waals surface area contributed by atoms with E-state index in [1.165, 1.54) is 6.08 Å². The molecular formula is C33H59O6S2Si2. The summed E-state index contributed by atoms with van der Waals surface area (Å²) in [5, 5.41) is 2.69. The van der Waals surface area contributed by atoms with Crippen LogP contribution in [-0.2, 0) is 38.5 Å². The Morgan fingerprint density at radius 1 is 0.791 bits per heavy atom. The van der Waals surface area contributed by atoms with Gasteiger partial charge < -0.3 is 0 Å². The Bertz CT molecular complexity index is 1360. The van der Waals surface area contributed by atoms with Gasteiger partial charge in [0.2, 0.25) is 0 Å². The van der Waals surface area contributed by atoms with Crippen LogP contribution in [0.4, 0.5) is 0 Å². The highest BCUT2D eigenvalue weighted by Gasteiger charge is 2.51. The molecule has 0 amide bonds. The van der Waals surface area contributed by atoms with Crippen LogP contribution < -0.4 is 10.4 Å². The second-order valence-electron chi connectivity index (χ2n) is 14.5. The predicted octanol–water partition coefficient (Wildman–Crippen LogP) is 7.95. The van der Waals surface area contributed by atoms with Crippen molar-refractivity contribution in [2.75, 3.05) is 0 Å². The van der Waals surface area contributed by atoms with Crippen molar-refractivity contribution in [3.05, 3.63) is 40.8 Å². The Hall–Kier alpha value is -1.05. The van der Waals surface area contributed by atoms with Crippen LogP contribution in [-0.4, -0.2) is 42.8 Å². The third kappa shape index (κ3) is 8.22. The quantitative estimate of drug-likeness (QED) is 0.111. The Morgan fingerprint density at radius 3 is 1.53 bits per heavy atom. The zero-order chi connectivity index (χ0) is 34.0. The summed E-state index contributed by atoms with van der Waals surface area (Å²) in [6.45, 7) is 34.4. The Balaban J connectivity index is 5.23. The second kappa shape index (κ2) is 14.6. The van der Waals surface area contributed by atoms with Gasteiger partial charge in [0.25, 0.3) is 20.2 Å². The maximum Gasteiger partial charge on any atom is 0.294 e. The van der Waals surface area contributed by atoms with E-state index in [0.29, 0.717) is 5.56 Å². The van der Waals surface area contributed by atoms with Gasteiger partial charge >= 0.3 is 0 Å². The Morgan fingerprint density at radius 2 is 1.23 bits per heavy atom. The highest BCUT2D eigenvalue weighted by Crippen LogP contribution is 2.46. The van der Waals surface area contributed by atoms with E-state index in [9.17, 15) is 25.9 Å². The van der Waals surface area contributed by atoms with Gasteiger partial charge in [-0.05, 0) is 73.8 Å². The van der Waals surface area contributed by atoms with Gasteiger partial charge in [-0.25, -0.2) is 0 Å². The lowest BCUT2D eigenvalue weighted by Crippen LogP contribution is -2.62. The maximum absolute atomic E-state index is 13.8. The molecule has 0 heterocycles. The fourth-order valence-electron chi connectivity index (χ4n) is 7.83. The summed E-state index contributed by atoms with van der Waals surface area (Å²) in [4.78, 5) is 0.00626. The molecule has 0 aliphatic heterocycles. The van der Waals surface area contributed by atoms with Crippen molar-refractivity contribution in [1.82, 2.24) is 0 Å². The van der Waals surface area contributed by atoms with Crippen molar-refractivity contribution in [1.29, 1.82) is 0 Å². The average Bonchev–Trinajstić information content (AvgIpc) is 2.78. The van der Waals surface area contributed by atoms with Gasteiger partial charge in [-0.2, -0.15) is 16.8 Å². The van der Waals surface area contributed by atoms with E-state index in [1.54, 1.807) is 6.08 Å². The van der Waals surface area contributed by atoms with Crippen LogP contribution in [0.5, 0.6) is 0 Å². The molecule has 0 aliphatic rings. The summed E-state index contributed by atoms with van der Waals surface area (Å²) in [5.74, 6) is 0.126. The molecule has 0 atom stereocenters. The summed E-state index contributed by atoms with van der Waals surface area (Å²) < 4.78 is 72.4. The summed E-state index contributed by atoms with van der Waals surface area (Å²) >= 11 is 0. The highest BCUT2D eigenvalue weighted by atomic mass is 32.2. The van der Waals surface area contributed by atoms with Gasteiger partial charge in [0.1, 0.15) is 0 Å². The highest BCUT2D eigenvalue weighted by molar-refractivity contribution is 7.88. The van der Waals surface area contributed by atoms with Crippen molar-refractivity contribution < 1.29 is 25.9 Å². The van der Waals surface area contributed by atoms with Gasteiger partial charge in [0.05, 0.1) is 27.2 Å². The van der Waals surface area contributed by atoms with Crippen LogP contribution in [0.2, 0.25) is 27.7 Å². The third-order valence-corrected chi connectivity index (χ3v) is 22.2. The van der Waals surface area contributed by atoms with Crippen molar-refractivity contribution in [3.63, 3.8) is 0 Å². The molecule has 1 radical (unpaired) electrons. The molecule has 0 aliphatic carbocycles. The first-order chi connectivity index (χ1) is 19.3. The zero-order valence-electron chi connectivity index (χ0n) is 29.2. The van der Waals surface area contributed by atoms with Crippen LogP contribution in [0.15, 0.2) is 29.0 Å². The predicted molar refractivity (Wildman–Crippen MR) is 189 cm³/mol. The number of hydrogen-bond acceptors (Lipinski definition) is 4. The molecule has 1 aromatic rings. The minimum atomic E-state index is -4.73. The van der Waals surface area contributed by atoms with E-state index in [-0.39, 0.29) is 51.4 Å². The van der Waals surface area contributed by atoms with E-state index >= 15 is 0 Å². The Kier molecular flexibility index (Phi) is 13.6. The summed E-state index contributed by atoms with van der Waals surface area (Å²) in [6, 6.07) is 0. The van der Waals surface area contributed by atoms with Crippen molar-refractivity contribution in [2.45, 2.75) is 148 Å². The molecule has 0 saturated heterocycles. The molecule has 6 nitrogen and oxygen atoms in total. The van der Waals surface area contributed by atoms with Gasteiger partial charge in [0.15, 0.2) is 0 Å². The number of rotatable bonds is 15. The molecule has 247 valence electrons. The first-order valence-electron chi connectivity index (χ1n) is 15.6. The van der Waals surface area contributed by atoms with Gasteiger partial charge in [-0.3, -0.25) is 9.11 Å².